The lowest BCUT2D eigenvalue weighted by atomic mass is 10.2. The first-order valence-corrected chi connectivity index (χ1v) is 10.6. The van der Waals surface area contributed by atoms with Crippen molar-refractivity contribution >= 4 is 17.3 Å². The van der Waals surface area contributed by atoms with E-state index in [1.807, 2.05) is 18.2 Å². The first-order chi connectivity index (χ1) is 13.2. The molecule has 5 nitrogen and oxygen atoms in total. The van der Waals surface area contributed by atoms with E-state index in [9.17, 15) is 0 Å². The summed E-state index contributed by atoms with van der Waals surface area (Å²) in [6.07, 6.45) is 3.49. The summed E-state index contributed by atoms with van der Waals surface area (Å²) < 4.78 is 5.98. The molecule has 1 aliphatic carbocycles. The van der Waals surface area contributed by atoms with Crippen LogP contribution in [0.25, 0.3) is 0 Å². The molecule has 27 heavy (non-hydrogen) atoms. The zero-order valence-corrected chi connectivity index (χ0v) is 17.3. The van der Waals surface area contributed by atoms with E-state index in [1.165, 1.54) is 17.8 Å². The fraction of sp³-hybridized carbons (Fsp3) is 0.524. The van der Waals surface area contributed by atoms with Crippen molar-refractivity contribution in [3.8, 4) is 5.75 Å². The molecule has 1 fully saturated rings. The Labute approximate surface area is 166 Å². The van der Waals surface area contributed by atoms with Gasteiger partial charge >= 0.3 is 0 Å². The molecule has 1 saturated carbocycles. The number of nitrogens with one attached hydrogen (secondary N) is 2. The molecule has 146 valence electrons. The predicted octanol–water partition coefficient (Wildman–Crippen LogP) is 3.96. The predicted molar refractivity (Wildman–Crippen MR) is 113 cm³/mol. The zero-order valence-electron chi connectivity index (χ0n) is 16.5. The van der Waals surface area contributed by atoms with Crippen LogP contribution in [0.3, 0.4) is 0 Å². The molecule has 1 aromatic heterocycles. The van der Waals surface area contributed by atoms with Crippen LogP contribution in [-0.2, 0) is 13.0 Å². The van der Waals surface area contributed by atoms with Gasteiger partial charge in [-0.15, -0.1) is 11.3 Å². The standard InChI is InChI=1S/C21H30N4OS/c1-15(2)20-25-18(14-27-20)10-11-23-21(22-3)24-12-17-6-4-5-7-19(17)26-13-16-8-9-16/h4-7,14-16H,8-13H2,1-3H3,(H2,22,23,24). The molecule has 0 spiro atoms. The molecule has 6 heteroatoms. The molecular weight excluding hydrogens is 356 g/mol. The number of benzene rings is 1. The molecule has 0 saturated heterocycles. The van der Waals surface area contributed by atoms with Crippen LogP contribution in [0, 0.1) is 5.92 Å². The Balaban J connectivity index is 1.44. The largest absolute Gasteiger partial charge is 0.493 e. The molecule has 0 amide bonds. The van der Waals surface area contributed by atoms with Gasteiger partial charge in [-0.2, -0.15) is 0 Å². The maximum Gasteiger partial charge on any atom is 0.191 e. The summed E-state index contributed by atoms with van der Waals surface area (Å²) in [7, 11) is 1.80. The third-order valence-corrected chi connectivity index (χ3v) is 5.75. The molecule has 0 bridgehead atoms. The second-order valence-electron chi connectivity index (χ2n) is 7.30. The lowest BCUT2D eigenvalue weighted by Crippen LogP contribution is -2.38. The number of guanidine groups is 1. The third-order valence-electron chi connectivity index (χ3n) is 4.55. The highest BCUT2D eigenvalue weighted by atomic mass is 32.1. The van der Waals surface area contributed by atoms with Gasteiger partial charge in [0, 0.05) is 43.4 Å². The van der Waals surface area contributed by atoms with Crippen LogP contribution in [-0.4, -0.2) is 31.1 Å². The zero-order chi connectivity index (χ0) is 19.1. The van der Waals surface area contributed by atoms with E-state index in [0.717, 1.165) is 48.5 Å². The number of hydrogen-bond donors (Lipinski definition) is 2. The van der Waals surface area contributed by atoms with Gasteiger partial charge < -0.3 is 15.4 Å². The minimum absolute atomic E-state index is 0.494. The van der Waals surface area contributed by atoms with Crippen LogP contribution in [0.15, 0.2) is 34.6 Å². The Hall–Kier alpha value is -2.08. The number of hydrogen-bond acceptors (Lipinski definition) is 4. The minimum Gasteiger partial charge on any atom is -0.493 e. The monoisotopic (exact) mass is 386 g/mol. The van der Waals surface area contributed by atoms with Crippen LogP contribution < -0.4 is 15.4 Å². The van der Waals surface area contributed by atoms with Gasteiger partial charge in [0.05, 0.1) is 17.3 Å². The van der Waals surface area contributed by atoms with Crippen molar-refractivity contribution in [3.05, 3.63) is 45.9 Å². The first kappa shape index (κ1) is 19.7. The summed E-state index contributed by atoms with van der Waals surface area (Å²) in [5, 5.41) is 10.1. The van der Waals surface area contributed by atoms with Gasteiger partial charge in [0.1, 0.15) is 5.75 Å². The quantitative estimate of drug-likeness (QED) is 0.506. The molecule has 0 unspecified atom stereocenters. The molecule has 1 heterocycles. The van der Waals surface area contributed by atoms with Gasteiger partial charge in [0.2, 0.25) is 0 Å². The molecule has 1 aliphatic rings. The van der Waals surface area contributed by atoms with Gasteiger partial charge in [-0.3, -0.25) is 4.99 Å². The van der Waals surface area contributed by atoms with E-state index in [1.54, 1.807) is 18.4 Å². The number of para-hydroxylation sites is 1. The van der Waals surface area contributed by atoms with E-state index in [2.05, 4.69) is 45.9 Å². The van der Waals surface area contributed by atoms with E-state index >= 15 is 0 Å². The van der Waals surface area contributed by atoms with Crippen molar-refractivity contribution in [1.29, 1.82) is 0 Å². The van der Waals surface area contributed by atoms with Crippen molar-refractivity contribution in [2.75, 3.05) is 20.2 Å². The molecule has 2 N–H and O–H groups in total. The lowest BCUT2D eigenvalue weighted by molar-refractivity contribution is 0.296. The fourth-order valence-electron chi connectivity index (χ4n) is 2.69. The molecular formula is C21H30N4OS. The highest BCUT2D eigenvalue weighted by Gasteiger charge is 2.22. The Morgan fingerprint density at radius 3 is 2.81 bits per heavy atom. The number of aliphatic imine (C=N–C) groups is 1. The molecule has 2 aromatic rings. The first-order valence-electron chi connectivity index (χ1n) is 9.75. The number of thiazole rings is 1. The van der Waals surface area contributed by atoms with Gasteiger partial charge in [-0.1, -0.05) is 32.0 Å². The lowest BCUT2D eigenvalue weighted by Gasteiger charge is -2.14. The highest BCUT2D eigenvalue weighted by Crippen LogP contribution is 2.30. The van der Waals surface area contributed by atoms with Gasteiger partial charge in [-0.25, -0.2) is 4.98 Å². The van der Waals surface area contributed by atoms with E-state index in [0.29, 0.717) is 12.5 Å². The summed E-state index contributed by atoms with van der Waals surface area (Å²) in [6.45, 7) is 6.68. The summed E-state index contributed by atoms with van der Waals surface area (Å²) in [4.78, 5) is 9.00. The van der Waals surface area contributed by atoms with E-state index < -0.39 is 0 Å². The summed E-state index contributed by atoms with van der Waals surface area (Å²) in [5.74, 6) is 3.01. The Kier molecular flexibility index (Phi) is 7.10. The Morgan fingerprint density at radius 2 is 2.11 bits per heavy atom. The average molecular weight is 387 g/mol. The molecule has 0 aliphatic heterocycles. The minimum atomic E-state index is 0.494. The number of nitrogens with zero attached hydrogens (tertiary/aromatic N) is 2. The average Bonchev–Trinajstić information content (AvgIpc) is 3.38. The third kappa shape index (κ3) is 6.24. The molecule has 0 radical (unpaired) electrons. The van der Waals surface area contributed by atoms with Crippen LogP contribution >= 0.6 is 11.3 Å². The number of ether oxygens (including phenoxy) is 1. The van der Waals surface area contributed by atoms with Gasteiger partial charge in [-0.05, 0) is 24.8 Å². The second kappa shape index (κ2) is 9.74. The molecule has 0 atom stereocenters. The molecule has 1 aromatic carbocycles. The van der Waals surface area contributed by atoms with Crippen LogP contribution in [0.2, 0.25) is 0 Å². The van der Waals surface area contributed by atoms with Crippen LogP contribution in [0.4, 0.5) is 0 Å². The van der Waals surface area contributed by atoms with Crippen molar-refractivity contribution in [1.82, 2.24) is 15.6 Å². The van der Waals surface area contributed by atoms with E-state index in [-0.39, 0.29) is 0 Å². The topological polar surface area (TPSA) is 58.5 Å². The second-order valence-corrected chi connectivity index (χ2v) is 8.19. The van der Waals surface area contributed by atoms with Crippen molar-refractivity contribution in [2.45, 2.75) is 45.6 Å². The van der Waals surface area contributed by atoms with Crippen molar-refractivity contribution in [3.63, 3.8) is 0 Å². The normalized spacial score (nSPS) is 14.4. The summed E-state index contributed by atoms with van der Waals surface area (Å²) in [5.41, 5.74) is 2.30. The maximum atomic E-state index is 5.98. The smallest absolute Gasteiger partial charge is 0.191 e. The summed E-state index contributed by atoms with van der Waals surface area (Å²) >= 11 is 1.74. The number of aromatic nitrogens is 1. The highest BCUT2D eigenvalue weighted by molar-refractivity contribution is 7.09. The van der Waals surface area contributed by atoms with Crippen molar-refractivity contribution in [2.24, 2.45) is 10.9 Å². The Bertz CT molecular complexity index is 752. The summed E-state index contributed by atoms with van der Waals surface area (Å²) in [6, 6.07) is 8.22. The fourth-order valence-corrected chi connectivity index (χ4v) is 3.56. The van der Waals surface area contributed by atoms with Gasteiger partial charge in [0.15, 0.2) is 5.96 Å². The van der Waals surface area contributed by atoms with E-state index in [4.69, 9.17) is 4.74 Å². The Morgan fingerprint density at radius 1 is 1.30 bits per heavy atom. The SMILES string of the molecule is CN=C(NCCc1csc(C(C)C)n1)NCc1ccccc1OCC1CC1. The van der Waals surface area contributed by atoms with Crippen molar-refractivity contribution < 1.29 is 4.74 Å². The maximum absolute atomic E-state index is 5.98. The van der Waals surface area contributed by atoms with Gasteiger partial charge in [0.25, 0.3) is 0 Å². The molecule has 3 rings (SSSR count). The number of rotatable bonds is 9. The van der Waals surface area contributed by atoms with Crippen LogP contribution in [0.5, 0.6) is 5.75 Å². The van der Waals surface area contributed by atoms with Crippen LogP contribution in [0.1, 0.15) is 48.9 Å².